The van der Waals surface area contributed by atoms with Crippen LogP contribution in [-0.2, 0) is 21.2 Å². The number of anilines is 1. The lowest BCUT2D eigenvalue weighted by Crippen LogP contribution is -2.49. The molecule has 0 aliphatic carbocycles. The largest absolute Gasteiger partial charge is 0.356 e. The van der Waals surface area contributed by atoms with Gasteiger partial charge in [-0.15, -0.1) is 0 Å². The minimum Gasteiger partial charge on any atom is -0.356 e. The van der Waals surface area contributed by atoms with E-state index in [0.29, 0.717) is 37.3 Å². The van der Waals surface area contributed by atoms with Crippen molar-refractivity contribution in [3.63, 3.8) is 0 Å². The van der Waals surface area contributed by atoms with Crippen LogP contribution in [0.2, 0.25) is 0 Å². The van der Waals surface area contributed by atoms with E-state index in [1.165, 1.54) is 10.6 Å². The van der Waals surface area contributed by atoms with Gasteiger partial charge in [-0.2, -0.15) is 0 Å². The van der Waals surface area contributed by atoms with Crippen molar-refractivity contribution in [2.75, 3.05) is 30.2 Å². The summed E-state index contributed by atoms with van der Waals surface area (Å²) in [6, 6.07) is 5.30. The number of carbonyl (C=O) groups excluding carboxylic acids is 2. The van der Waals surface area contributed by atoms with Gasteiger partial charge < -0.3 is 10.2 Å². The number of hydrogen-bond acceptors (Lipinski definition) is 4. The third-order valence-electron chi connectivity index (χ3n) is 5.92. The zero-order valence-electron chi connectivity index (χ0n) is 17.5. The van der Waals surface area contributed by atoms with Crippen LogP contribution < -0.4 is 9.62 Å². The number of unbranched alkanes of at least 4 members (excludes halogenated alkanes) is 1. The van der Waals surface area contributed by atoms with E-state index in [1.807, 2.05) is 6.92 Å². The fourth-order valence-electron chi connectivity index (χ4n) is 4.15. The number of carbonyl (C=O) groups is 2. The predicted molar refractivity (Wildman–Crippen MR) is 113 cm³/mol. The molecule has 1 fully saturated rings. The van der Waals surface area contributed by atoms with Crippen molar-refractivity contribution in [1.82, 2.24) is 10.2 Å². The van der Waals surface area contributed by atoms with E-state index in [0.717, 1.165) is 31.2 Å². The van der Waals surface area contributed by atoms with Crippen molar-refractivity contribution in [3.8, 4) is 0 Å². The summed E-state index contributed by atoms with van der Waals surface area (Å²) in [5.74, 6) is -0.243. The second kappa shape index (κ2) is 8.73. The van der Waals surface area contributed by atoms with Crippen LogP contribution in [0.1, 0.15) is 55.5 Å². The van der Waals surface area contributed by atoms with Crippen LogP contribution in [-0.4, -0.2) is 57.1 Å². The number of hydrogen-bond donors (Lipinski definition) is 1. The van der Waals surface area contributed by atoms with Crippen molar-refractivity contribution in [2.45, 2.75) is 52.0 Å². The molecule has 0 aromatic heterocycles. The second-order valence-electron chi connectivity index (χ2n) is 8.15. The fourth-order valence-corrected chi connectivity index (χ4v) is 5.11. The van der Waals surface area contributed by atoms with Gasteiger partial charge in [-0.1, -0.05) is 13.3 Å². The maximum absolute atomic E-state index is 13.2. The summed E-state index contributed by atoms with van der Waals surface area (Å²) in [5, 5.41) is 2.98. The van der Waals surface area contributed by atoms with Gasteiger partial charge in [0.1, 0.15) is 0 Å². The van der Waals surface area contributed by atoms with Gasteiger partial charge in [-0.05, 0) is 56.4 Å². The molecule has 2 unspecified atom stereocenters. The highest BCUT2D eigenvalue weighted by Crippen LogP contribution is 2.32. The topological polar surface area (TPSA) is 86.8 Å². The van der Waals surface area contributed by atoms with E-state index in [2.05, 4.69) is 12.2 Å². The van der Waals surface area contributed by atoms with Crippen LogP contribution >= 0.6 is 0 Å². The smallest absolute Gasteiger partial charge is 0.254 e. The maximum Gasteiger partial charge on any atom is 0.254 e. The van der Waals surface area contributed by atoms with Crippen LogP contribution in [0.3, 0.4) is 0 Å². The molecule has 0 saturated carbocycles. The molecule has 0 spiro atoms. The second-order valence-corrected chi connectivity index (χ2v) is 10.1. The average molecular weight is 422 g/mol. The summed E-state index contributed by atoms with van der Waals surface area (Å²) in [6.07, 6.45) is 5.36. The predicted octanol–water partition coefficient (Wildman–Crippen LogP) is 2.17. The number of fused-ring (bicyclic) bond motifs is 1. The summed E-state index contributed by atoms with van der Waals surface area (Å²) >= 11 is 0. The molecule has 1 N–H and O–H groups in total. The SMILES string of the molecule is CCCCNC(=O)C1CCC(C)N(C(=O)c2ccc3c(c2)CCN3S(C)(=O)=O)C1. The number of nitrogens with zero attached hydrogens (tertiary/aromatic N) is 2. The van der Waals surface area contributed by atoms with Crippen LogP contribution in [0.15, 0.2) is 18.2 Å². The maximum atomic E-state index is 13.2. The lowest BCUT2D eigenvalue weighted by Gasteiger charge is -2.37. The molecule has 1 aromatic carbocycles. The Bertz CT molecular complexity index is 884. The summed E-state index contributed by atoms with van der Waals surface area (Å²) in [4.78, 5) is 27.4. The molecule has 8 heteroatoms. The Morgan fingerprint density at radius 3 is 2.69 bits per heavy atom. The minimum atomic E-state index is -3.31. The molecule has 160 valence electrons. The highest BCUT2D eigenvalue weighted by atomic mass is 32.2. The first kappa shape index (κ1) is 21.6. The van der Waals surface area contributed by atoms with Gasteiger partial charge in [0.15, 0.2) is 0 Å². The zero-order valence-corrected chi connectivity index (χ0v) is 18.3. The molecular formula is C21H31N3O4S. The molecule has 0 radical (unpaired) electrons. The summed E-state index contributed by atoms with van der Waals surface area (Å²) in [6.45, 7) is 5.61. The first-order valence-electron chi connectivity index (χ1n) is 10.4. The van der Waals surface area contributed by atoms with E-state index < -0.39 is 10.0 Å². The standard InChI is InChI=1S/C21H31N3O4S/c1-4-5-11-22-20(25)18-7-6-15(2)23(14-18)21(26)17-8-9-19-16(13-17)10-12-24(19)29(3,27)28/h8-9,13,15,18H,4-7,10-12,14H2,1-3H3,(H,22,25). The molecule has 2 amide bonds. The molecule has 2 aliphatic rings. The van der Waals surface area contributed by atoms with Crippen LogP contribution in [0.5, 0.6) is 0 Å². The Morgan fingerprint density at radius 1 is 1.24 bits per heavy atom. The normalized spacial score (nSPS) is 21.8. The Labute approximate surface area is 173 Å². The van der Waals surface area contributed by atoms with Crippen molar-refractivity contribution in [2.24, 2.45) is 5.92 Å². The number of nitrogens with one attached hydrogen (secondary N) is 1. The minimum absolute atomic E-state index is 0.0286. The van der Waals surface area contributed by atoms with E-state index in [4.69, 9.17) is 0 Å². The van der Waals surface area contributed by atoms with Crippen molar-refractivity contribution >= 4 is 27.5 Å². The molecule has 2 heterocycles. The Morgan fingerprint density at radius 2 is 2.00 bits per heavy atom. The molecule has 3 rings (SSSR count). The highest BCUT2D eigenvalue weighted by Gasteiger charge is 2.34. The van der Waals surface area contributed by atoms with Crippen LogP contribution in [0.4, 0.5) is 5.69 Å². The Hall–Kier alpha value is -2.09. The number of sulfonamides is 1. The number of benzene rings is 1. The van der Waals surface area contributed by atoms with Gasteiger partial charge in [0.05, 0.1) is 17.9 Å². The third kappa shape index (κ3) is 4.74. The lowest BCUT2D eigenvalue weighted by molar-refractivity contribution is -0.126. The van der Waals surface area contributed by atoms with Gasteiger partial charge in [0, 0.05) is 31.2 Å². The molecule has 1 saturated heterocycles. The number of piperidine rings is 1. The first-order chi connectivity index (χ1) is 13.7. The monoisotopic (exact) mass is 421 g/mol. The number of likely N-dealkylation sites (tertiary alicyclic amines) is 1. The highest BCUT2D eigenvalue weighted by molar-refractivity contribution is 7.92. The summed E-state index contributed by atoms with van der Waals surface area (Å²) in [7, 11) is -3.31. The molecule has 7 nitrogen and oxygen atoms in total. The molecule has 2 aliphatic heterocycles. The number of amides is 2. The van der Waals surface area contributed by atoms with Crippen molar-refractivity contribution in [1.29, 1.82) is 0 Å². The summed E-state index contributed by atoms with van der Waals surface area (Å²) < 4.78 is 25.2. The quantitative estimate of drug-likeness (QED) is 0.713. The molecule has 29 heavy (non-hydrogen) atoms. The van der Waals surface area contributed by atoms with Crippen LogP contribution in [0, 0.1) is 5.92 Å². The van der Waals surface area contributed by atoms with Gasteiger partial charge >= 0.3 is 0 Å². The van der Waals surface area contributed by atoms with Crippen molar-refractivity contribution in [3.05, 3.63) is 29.3 Å². The fraction of sp³-hybridized carbons (Fsp3) is 0.619. The van der Waals surface area contributed by atoms with E-state index in [1.54, 1.807) is 23.1 Å². The van der Waals surface area contributed by atoms with Crippen molar-refractivity contribution < 1.29 is 18.0 Å². The van der Waals surface area contributed by atoms with E-state index >= 15 is 0 Å². The Kier molecular flexibility index (Phi) is 6.51. The molecule has 2 atom stereocenters. The zero-order chi connectivity index (χ0) is 21.2. The first-order valence-corrected chi connectivity index (χ1v) is 12.3. The molecule has 0 bridgehead atoms. The Balaban J connectivity index is 1.73. The number of rotatable bonds is 6. The molecular weight excluding hydrogens is 390 g/mol. The van der Waals surface area contributed by atoms with Gasteiger partial charge in [-0.25, -0.2) is 8.42 Å². The van der Waals surface area contributed by atoms with Crippen LogP contribution in [0.25, 0.3) is 0 Å². The lowest BCUT2D eigenvalue weighted by atomic mass is 9.92. The van der Waals surface area contributed by atoms with Gasteiger partial charge in [-0.3, -0.25) is 13.9 Å². The third-order valence-corrected chi connectivity index (χ3v) is 7.10. The van der Waals surface area contributed by atoms with Gasteiger partial charge in [0.2, 0.25) is 15.9 Å². The average Bonchev–Trinajstić information content (AvgIpc) is 3.11. The van der Waals surface area contributed by atoms with Gasteiger partial charge in [0.25, 0.3) is 5.91 Å². The van der Waals surface area contributed by atoms with E-state index in [-0.39, 0.29) is 23.8 Å². The van der Waals surface area contributed by atoms with E-state index in [9.17, 15) is 18.0 Å². The molecule has 1 aromatic rings. The summed E-state index contributed by atoms with van der Waals surface area (Å²) in [5.41, 5.74) is 2.08.